The largest absolute Gasteiger partial charge is 0.374 e. The predicted octanol–water partition coefficient (Wildman–Crippen LogP) is 3.04. The minimum Gasteiger partial charge on any atom is -0.374 e. The summed E-state index contributed by atoms with van der Waals surface area (Å²) in [5.41, 5.74) is 3.26. The second-order valence-corrected chi connectivity index (χ2v) is 5.00. The summed E-state index contributed by atoms with van der Waals surface area (Å²) in [6.07, 6.45) is 0. The van der Waals surface area contributed by atoms with Crippen LogP contribution in [-0.4, -0.2) is 17.1 Å². The molecule has 1 amide bonds. The van der Waals surface area contributed by atoms with Crippen molar-refractivity contribution in [1.82, 2.24) is 5.16 Å². The number of carbonyl (C=O) groups is 1. The third kappa shape index (κ3) is 3.38. The zero-order chi connectivity index (χ0) is 14.7. The van der Waals surface area contributed by atoms with Crippen LogP contribution >= 0.6 is 0 Å². The van der Waals surface area contributed by atoms with Gasteiger partial charge in [-0.05, 0) is 39.3 Å². The number of hydrogen-bond acceptors (Lipinski definition) is 4. The van der Waals surface area contributed by atoms with Crippen LogP contribution in [0.3, 0.4) is 0 Å². The van der Waals surface area contributed by atoms with Gasteiger partial charge in [-0.3, -0.25) is 4.79 Å². The Hall–Kier alpha value is -2.30. The molecule has 0 bridgehead atoms. The van der Waals surface area contributed by atoms with E-state index in [1.165, 1.54) is 5.56 Å². The highest BCUT2D eigenvalue weighted by Gasteiger charge is 2.15. The topological polar surface area (TPSA) is 67.2 Å². The number of nitrogens with one attached hydrogen (secondary N) is 2. The smallest absolute Gasteiger partial charge is 0.247 e. The summed E-state index contributed by atoms with van der Waals surface area (Å²) >= 11 is 0. The molecule has 0 aliphatic heterocycles. The van der Waals surface area contributed by atoms with E-state index in [1.807, 2.05) is 32.9 Å². The molecule has 2 aromatic rings. The third-order valence-electron chi connectivity index (χ3n) is 3.03. The Morgan fingerprint density at radius 1 is 1.25 bits per heavy atom. The van der Waals surface area contributed by atoms with E-state index in [9.17, 15) is 4.79 Å². The van der Waals surface area contributed by atoms with Crippen LogP contribution in [0.25, 0.3) is 0 Å². The molecule has 20 heavy (non-hydrogen) atoms. The molecule has 0 aliphatic carbocycles. The maximum atomic E-state index is 12.0. The Kier molecular flexibility index (Phi) is 4.08. The van der Waals surface area contributed by atoms with Gasteiger partial charge in [-0.25, -0.2) is 0 Å². The van der Waals surface area contributed by atoms with Gasteiger partial charge in [0.1, 0.15) is 11.8 Å². The maximum absolute atomic E-state index is 12.0. The van der Waals surface area contributed by atoms with Crippen LogP contribution in [0.2, 0.25) is 0 Å². The van der Waals surface area contributed by atoms with Crippen molar-refractivity contribution in [3.8, 4) is 0 Å². The fourth-order valence-corrected chi connectivity index (χ4v) is 1.93. The molecule has 1 heterocycles. The van der Waals surface area contributed by atoms with Gasteiger partial charge in [0.15, 0.2) is 5.82 Å². The summed E-state index contributed by atoms with van der Waals surface area (Å²) < 4.78 is 4.91. The van der Waals surface area contributed by atoms with Crippen molar-refractivity contribution < 1.29 is 9.32 Å². The van der Waals surface area contributed by atoms with Crippen LogP contribution in [0.4, 0.5) is 11.5 Å². The first kappa shape index (κ1) is 14.1. The lowest BCUT2D eigenvalue weighted by Gasteiger charge is -2.16. The number of carbonyl (C=O) groups excluding carboxylic acids is 1. The summed E-state index contributed by atoms with van der Waals surface area (Å²) in [6, 6.07) is 7.39. The quantitative estimate of drug-likeness (QED) is 0.898. The standard InChI is InChI=1S/C15H19N3O2/c1-9-5-6-13(10(2)7-9)16-12(4)15(19)17-14-8-11(3)20-18-14/h5-8,12,16H,1-4H3,(H,17,18,19). The number of aryl methyl sites for hydroxylation is 3. The number of hydrogen-bond donors (Lipinski definition) is 2. The van der Waals surface area contributed by atoms with Gasteiger partial charge in [-0.2, -0.15) is 0 Å². The van der Waals surface area contributed by atoms with Crippen molar-refractivity contribution >= 4 is 17.4 Å². The number of aromatic nitrogens is 1. The summed E-state index contributed by atoms with van der Waals surface area (Å²) in [5.74, 6) is 0.940. The second-order valence-electron chi connectivity index (χ2n) is 5.00. The normalized spacial score (nSPS) is 12.0. The van der Waals surface area contributed by atoms with Crippen LogP contribution in [0.5, 0.6) is 0 Å². The number of anilines is 2. The van der Waals surface area contributed by atoms with Crippen molar-refractivity contribution in [3.05, 3.63) is 41.2 Å². The van der Waals surface area contributed by atoms with E-state index in [4.69, 9.17) is 4.52 Å². The molecular weight excluding hydrogens is 254 g/mol. The number of benzene rings is 1. The zero-order valence-electron chi connectivity index (χ0n) is 12.2. The lowest BCUT2D eigenvalue weighted by Crippen LogP contribution is -2.32. The summed E-state index contributed by atoms with van der Waals surface area (Å²) in [5, 5.41) is 9.64. The first-order chi connectivity index (χ1) is 9.45. The minimum absolute atomic E-state index is 0.154. The Morgan fingerprint density at radius 3 is 2.60 bits per heavy atom. The summed E-state index contributed by atoms with van der Waals surface area (Å²) in [4.78, 5) is 12.0. The van der Waals surface area contributed by atoms with Crippen LogP contribution in [0.1, 0.15) is 23.8 Å². The van der Waals surface area contributed by atoms with Crippen LogP contribution in [-0.2, 0) is 4.79 Å². The fraction of sp³-hybridized carbons (Fsp3) is 0.333. The highest BCUT2D eigenvalue weighted by Crippen LogP contribution is 2.17. The fourth-order valence-electron chi connectivity index (χ4n) is 1.93. The molecule has 0 saturated carbocycles. The van der Waals surface area contributed by atoms with Crippen molar-refractivity contribution in [2.75, 3.05) is 10.6 Å². The second kappa shape index (κ2) is 5.77. The van der Waals surface area contributed by atoms with Gasteiger partial charge in [-0.1, -0.05) is 22.9 Å². The van der Waals surface area contributed by atoms with Gasteiger partial charge in [0.05, 0.1) is 0 Å². The molecule has 0 saturated heterocycles. The molecule has 0 fully saturated rings. The molecule has 1 unspecified atom stereocenters. The minimum atomic E-state index is -0.367. The van der Waals surface area contributed by atoms with Crippen molar-refractivity contribution in [2.45, 2.75) is 33.7 Å². The molecule has 2 rings (SSSR count). The molecule has 106 valence electrons. The molecule has 1 atom stereocenters. The van der Waals surface area contributed by atoms with Crippen molar-refractivity contribution in [2.24, 2.45) is 0 Å². The van der Waals surface area contributed by atoms with Gasteiger partial charge >= 0.3 is 0 Å². The van der Waals surface area contributed by atoms with Gasteiger partial charge in [0.2, 0.25) is 5.91 Å². The highest BCUT2D eigenvalue weighted by molar-refractivity contribution is 5.95. The average Bonchev–Trinajstić information content (AvgIpc) is 2.78. The lowest BCUT2D eigenvalue weighted by atomic mass is 10.1. The highest BCUT2D eigenvalue weighted by atomic mass is 16.5. The predicted molar refractivity (Wildman–Crippen MR) is 78.9 cm³/mol. The molecule has 1 aromatic heterocycles. The number of amides is 1. The van der Waals surface area contributed by atoms with E-state index >= 15 is 0 Å². The van der Waals surface area contributed by atoms with Gasteiger partial charge in [-0.15, -0.1) is 0 Å². The SMILES string of the molecule is Cc1ccc(NC(C)C(=O)Nc2cc(C)on2)c(C)c1. The Balaban J connectivity index is 2.00. The van der Waals surface area contributed by atoms with E-state index in [2.05, 4.69) is 21.9 Å². The first-order valence-corrected chi connectivity index (χ1v) is 6.53. The van der Waals surface area contributed by atoms with Gasteiger partial charge in [0, 0.05) is 11.8 Å². The molecule has 0 aliphatic rings. The molecule has 0 radical (unpaired) electrons. The average molecular weight is 273 g/mol. The molecule has 5 nitrogen and oxygen atoms in total. The summed E-state index contributed by atoms with van der Waals surface area (Å²) in [7, 11) is 0. The van der Waals surface area contributed by atoms with E-state index in [1.54, 1.807) is 13.0 Å². The Labute approximate surface area is 118 Å². The lowest BCUT2D eigenvalue weighted by molar-refractivity contribution is -0.116. The maximum Gasteiger partial charge on any atom is 0.247 e. The molecular formula is C15H19N3O2. The first-order valence-electron chi connectivity index (χ1n) is 6.53. The van der Waals surface area contributed by atoms with Crippen molar-refractivity contribution in [3.63, 3.8) is 0 Å². The summed E-state index contributed by atoms with van der Waals surface area (Å²) in [6.45, 7) is 7.64. The number of nitrogens with zero attached hydrogens (tertiary/aromatic N) is 1. The monoisotopic (exact) mass is 273 g/mol. The van der Waals surface area contributed by atoms with Gasteiger partial charge in [0.25, 0.3) is 0 Å². The zero-order valence-corrected chi connectivity index (χ0v) is 12.2. The van der Waals surface area contributed by atoms with Crippen LogP contribution in [0.15, 0.2) is 28.8 Å². The van der Waals surface area contributed by atoms with Gasteiger partial charge < -0.3 is 15.2 Å². The molecule has 5 heteroatoms. The van der Waals surface area contributed by atoms with E-state index in [0.29, 0.717) is 11.6 Å². The van der Waals surface area contributed by atoms with E-state index in [0.717, 1.165) is 11.3 Å². The molecule has 1 aromatic carbocycles. The van der Waals surface area contributed by atoms with Crippen molar-refractivity contribution in [1.29, 1.82) is 0 Å². The molecule has 0 spiro atoms. The Bertz CT molecular complexity index is 619. The van der Waals surface area contributed by atoms with Crippen LogP contribution in [0, 0.1) is 20.8 Å². The van der Waals surface area contributed by atoms with E-state index < -0.39 is 0 Å². The Morgan fingerprint density at radius 2 is 2.00 bits per heavy atom. The number of rotatable bonds is 4. The van der Waals surface area contributed by atoms with E-state index in [-0.39, 0.29) is 11.9 Å². The van der Waals surface area contributed by atoms with Crippen LogP contribution < -0.4 is 10.6 Å². The third-order valence-corrected chi connectivity index (χ3v) is 3.03. The molecule has 2 N–H and O–H groups in total.